The summed E-state index contributed by atoms with van der Waals surface area (Å²) in [6.45, 7) is 0. The fourth-order valence-corrected chi connectivity index (χ4v) is 4.96. The molecule has 0 aliphatic carbocycles. The molecule has 3 aromatic heterocycles. The van der Waals surface area contributed by atoms with Crippen molar-refractivity contribution in [2.75, 3.05) is 11.9 Å². The second kappa shape index (κ2) is 6.88. The topological polar surface area (TPSA) is 111 Å². The molecule has 2 fully saturated rings. The number of hydrogen-bond donors (Lipinski definition) is 3. The van der Waals surface area contributed by atoms with Gasteiger partial charge in [0.1, 0.15) is 11.0 Å². The van der Waals surface area contributed by atoms with E-state index < -0.39 is 0 Å². The SMILES string of the molecule is CN(c1ccc(-c2ccc(-c3cn[nH]c3)c3n[nH]nc23)nn1)C1CC2CCC(C1)N2. The first-order valence-electron chi connectivity index (χ1n) is 10.4. The number of anilines is 1. The average molecular weight is 401 g/mol. The van der Waals surface area contributed by atoms with Gasteiger partial charge in [0.2, 0.25) is 0 Å². The van der Waals surface area contributed by atoms with Gasteiger partial charge in [0.25, 0.3) is 0 Å². The van der Waals surface area contributed by atoms with E-state index in [-0.39, 0.29) is 0 Å². The number of hydrogen-bond acceptors (Lipinski definition) is 7. The van der Waals surface area contributed by atoms with Crippen LogP contribution in [0.3, 0.4) is 0 Å². The third-order valence-electron chi connectivity index (χ3n) is 6.57. The standard InChI is InChI=1S/C21H23N9/c1-30(15-8-13-2-3-14(9-15)24-13)19-7-6-18(25-26-19)17-5-4-16(12-10-22-23-11-12)20-21(17)28-29-27-20/h4-7,10-11,13-15,24H,2-3,8-9H2,1H3,(H,22,23)(H,27,28,29). The molecule has 2 aliphatic rings. The van der Waals surface area contributed by atoms with E-state index in [1.807, 2.05) is 24.4 Å². The van der Waals surface area contributed by atoms with Gasteiger partial charge in [0, 0.05) is 48.1 Å². The number of aromatic nitrogens is 7. The maximum absolute atomic E-state index is 4.55. The van der Waals surface area contributed by atoms with Gasteiger partial charge in [0.15, 0.2) is 5.82 Å². The number of fused-ring (bicyclic) bond motifs is 3. The average Bonchev–Trinajstić information content (AvgIpc) is 3.54. The Morgan fingerprint density at radius 2 is 1.70 bits per heavy atom. The highest BCUT2D eigenvalue weighted by Crippen LogP contribution is 2.33. The molecule has 9 heteroatoms. The molecule has 3 N–H and O–H groups in total. The molecule has 2 aliphatic heterocycles. The number of benzene rings is 1. The van der Waals surface area contributed by atoms with Crippen LogP contribution >= 0.6 is 0 Å². The molecule has 1 aromatic carbocycles. The van der Waals surface area contributed by atoms with Gasteiger partial charge in [-0.3, -0.25) is 5.10 Å². The Kier molecular flexibility index (Phi) is 4.02. The Bertz CT molecular complexity index is 1150. The second-order valence-corrected chi connectivity index (χ2v) is 8.32. The Morgan fingerprint density at radius 3 is 2.40 bits per heavy atom. The molecule has 152 valence electrons. The third kappa shape index (κ3) is 2.85. The zero-order valence-electron chi connectivity index (χ0n) is 16.7. The van der Waals surface area contributed by atoms with Gasteiger partial charge >= 0.3 is 0 Å². The number of piperidine rings is 1. The molecule has 0 radical (unpaired) electrons. The van der Waals surface area contributed by atoms with Crippen LogP contribution in [0.1, 0.15) is 25.7 Å². The summed E-state index contributed by atoms with van der Waals surface area (Å²) in [5.41, 5.74) is 5.21. The molecular weight excluding hydrogens is 378 g/mol. The third-order valence-corrected chi connectivity index (χ3v) is 6.57. The van der Waals surface area contributed by atoms with Crippen LogP contribution in [0.4, 0.5) is 5.82 Å². The lowest BCUT2D eigenvalue weighted by Crippen LogP contribution is -2.47. The van der Waals surface area contributed by atoms with E-state index in [2.05, 4.69) is 59.1 Å². The predicted molar refractivity (Wildman–Crippen MR) is 114 cm³/mol. The summed E-state index contributed by atoms with van der Waals surface area (Å²) in [5, 5.41) is 31.1. The van der Waals surface area contributed by atoms with Crippen molar-refractivity contribution in [1.29, 1.82) is 0 Å². The van der Waals surface area contributed by atoms with E-state index in [0.717, 1.165) is 39.2 Å². The lowest BCUT2D eigenvalue weighted by Gasteiger charge is -2.36. The van der Waals surface area contributed by atoms with E-state index in [1.54, 1.807) is 6.20 Å². The molecule has 5 heterocycles. The van der Waals surface area contributed by atoms with Crippen molar-refractivity contribution >= 4 is 16.9 Å². The second-order valence-electron chi connectivity index (χ2n) is 8.32. The Balaban J connectivity index is 1.30. The first-order chi connectivity index (χ1) is 14.8. The molecule has 2 unspecified atom stereocenters. The molecule has 2 atom stereocenters. The molecule has 30 heavy (non-hydrogen) atoms. The van der Waals surface area contributed by atoms with E-state index >= 15 is 0 Å². The number of nitrogens with one attached hydrogen (secondary N) is 3. The van der Waals surface area contributed by atoms with Crippen molar-refractivity contribution in [3.8, 4) is 22.4 Å². The van der Waals surface area contributed by atoms with Crippen LogP contribution in [0.2, 0.25) is 0 Å². The lowest BCUT2D eigenvalue weighted by atomic mass is 9.98. The molecule has 9 nitrogen and oxygen atoms in total. The van der Waals surface area contributed by atoms with E-state index in [1.165, 1.54) is 25.7 Å². The summed E-state index contributed by atoms with van der Waals surface area (Å²) < 4.78 is 0. The zero-order valence-corrected chi connectivity index (χ0v) is 16.7. The summed E-state index contributed by atoms with van der Waals surface area (Å²) in [6, 6.07) is 9.94. The van der Waals surface area contributed by atoms with Crippen LogP contribution in [0.15, 0.2) is 36.7 Å². The van der Waals surface area contributed by atoms with E-state index in [4.69, 9.17) is 0 Å². The van der Waals surface area contributed by atoms with Crippen molar-refractivity contribution in [3.05, 3.63) is 36.7 Å². The van der Waals surface area contributed by atoms with Crippen LogP contribution in [0.25, 0.3) is 33.4 Å². The van der Waals surface area contributed by atoms with Gasteiger partial charge in [-0.05, 0) is 43.9 Å². The Labute approximate surface area is 173 Å². The van der Waals surface area contributed by atoms with Crippen LogP contribution in [-0.2, 0) is 0 Å². The number of nitrogens with zero attached hydrogens (tertiary/aromatic N) is 6. The van der Waals surface area contributed by atoms with Crippen molar-refractivity contribution in [2.24, 2.45) is 0 Å². The van der Waals surface area contributed by atoms with Gasteiger partial charge in [-0.2, -0.15) is 20.5 Å². The van der Waals surface area contributed by atoms with Crippen molar-refractivity contribution in [3.63, 3.8) is 0 Å². The minimum Gasteiger partial charge on any atom is -0.355 e. The molecule has 0 amide bonds. The predicted octanol–water partition coefficient (Wildman–Crippen LogP) is 2.52. The Morgan fingerprint density at radius 1 is 0.933 bits per heavy atom. The largest absolute Gasteiger partial charge is 0.355 e. The molecular formula is C21H23N9. The first-order valence-corrected chi connectivity index (χ1v) is 10.4. The summed E-state index contributed by atoms with van der Waals surface area (Å²) >= 11 is 0. The van der Waals surface area contributed by atoms with Crippen LogP contribution in [0, 0.1) is 0 Å². The van der Waals surface area contributed by atoms with Gasteiger partial charge in [0.05, 0.1) is 11.9 Å². The number of rotatable bonds is 4. The van der Waals surface area contributed by atoms with Gasteiger partial charge < -0.3 is 10.2 Å². The van der Waals surface area contributed by atoms with Crippen LogP contribution < -0.4 is 10.2 Å². The van der Waals surface area contributed by atoms with Crippen LogP contribution in [0.5, 0.6) is 0 Å². The van der Waals surface area contributed by atoms with Gasteiger partial charge in [-0.25, -0.2) is 0 Å². The number of H-pyrrole nitrogens is 2. The first kappa shape index (κ1) is 17.5. The molecule has 2 saturated heterocycles. The van der Waals surface area contributed by atoms with Crippen molar-refractivity contribution in [2.45, 2.75) is 43.8 Å². The highest BCUT2D eigenvalue weighted by atomic mass is 15.3. The van der Waals surface area contributed by atoms with E-state index in [0.29, 0.717) is 18.1 Å². The van der Waals surface area contributed by atoms with E-state index in [9.17, 15) is 0 Å². The minimum atomic E-state index is 0.514. The highest BCUT2D eigenvalue weighted by Gasteiger charge is 2.35. The summed E-state index contributed by atoms with van der Waals surface area (Å²) in [7, 11) is 2.13. The Hall–Kier alpha value is -3.33. The molecule has 0 spiro atoms. The summed E-state index contributed by atoms with van der Waals surface area (Å²) in [5.74, 6) is 0.913. The van der Waals surface area contributed by atoms with Gasteiger partial charge in [-0.15, -0.1) is 10.2 Å². The summed E-state index contributed by atoms with van der Waals surface area (Å²) in [6.07, 6.45) is 8.56. The summed E-state index contributed by atoms with van der Waals surface area (Å²) in [4.78, 5) is 2.29. The molecule has 6 rings (SSSR count). The maximum Gasteiger partial charge on any atom is 0.151 e. The van der Waals surface area contributed by atoms with Gasteiger partial charge in [-0.1, -0.05) is 6.07 Å². The fourth-order valence-electron chi connectivity index (χ4n) is 4.96. The highest BCUT2D eigenvalue weighted by molar-refractivity contribution is 5.99. The monoisotopic (exact) mass is 401 g/mol. The van der Waals surface area contributed by atoms with Crippen LogP contribution in [-0.4, -0.2) is 61.0 Å². The normalized spacial score (nSPS) is 23.2. The van der Waals surface area contributed by atoms with Crippen molar-refractivity contribution in [1.82, 2.24) is 41.1 Å². The fraction of sp³-hybridized carbons (Fsp3) is 0.381. The molecule has 2 bridgehead atoms. The smallest absolute Gasteiger partial charge is 0.151 e. The van der Waals surface area contributed by atoms with Crippen molar-refractivity contribution < 1.29 is 0 Å². The number of aromatic amines is 2. The minimum absolute atomic E-state index is 0.514. The zero-order chi connectivity index (χ0) is 20.1. The quantitative estimate of drug-likeness (QED) is 0.482. The lowest BCUT2D eigenvalue weighted by molar-refractivity contribution is 0.353. The molecule has 0 saturated carbocycles. The molecule has 4 aromatic rings. The maximum atomic E-state index is 4.55.